The number of nitrogens with zero attached hydrogens (tertiary/aromatic N) is 3. The van der Waals surface area contributed by atoms with Crippen molar-refractivity contribution >= 4 is 29.1 Å². The Morgan fingerprint density at radius 1 is 1.50 bits per heavy atom. The molecule has 0 atom stereocenters. The molecule has 1 aromatic heterocycles. The van der Waals surface area contributed by atoms with Crippen molar-refractivity contribution in [2.75, 3.05) is 0 Å². The van der Waals surface area contributed by atoms with Crippen molar-refractivity contribution in [2.24, 2.45) is 0 Å². The van der Waals surface area contributed by atoms with Gasteiger partial charge in [-0.1, -0.05) is 17.7 Å². The van der Waals surface area contributed by atoms with Gasteiger partial charge in [-0.05, 0) is 36.7 Å². The number of nitro benzene ring substituents is 1. The van der Waals surface area contributed by atoms with Crippen molar-refractivity contribution in [1.82, 2.24) is 14.8 Å². The summed E-state index contributed by atoms with van der Waals surface area (Å²) in [6.07, 6.45) is 1.84. The Kier molecular flexibility index (Phi) is 3.27. The highest BCUT2D eigenvalue weighted by atomic mass is 35.5. The molecule has 104 valence electrons. The van der Waals surface area contributed by atoms with Crippen LogP contribution in [0.3, 0.4) is 0 Å². The van der Waals surface area contributed by atoms with Gasteiger partial charge in [-0.15, -0.1) is 5.10 Å². The van der Waals surface area contributed by atoms with Crippen LogP contribution in [-0.4, -0.2) is 19.7 Å². The summed E-state index contributed by atoms with van der Waals surface area (Å²) >= 11 is 6.93. The van der Waals surface area contributed by atoms with Gasteiger partial charge in [0.25, 0.3) is 0 Å². The molecule has 2 aromatic rings. The lowest BCUT2D eigenvalue weighted by Gasteiger charge is -2.04. The standard InChI is InChI=1S/C11H9ClN4O3S/c12-7-2-1-3-8(9(7)16(18)19)20-11-14-13-10(17)15(11)6-4-5-6/h1-3,6H,4-5H2,(H,13,17). The van der Waals surface area contributed by atoms with E-state index in [9.17, 15) is 14.9 Å². The first-order valence-electron chi connectivity index (χ1n) is 5.85. The van der Waals surface area contributed by atoms with Crippen molar-refractivity contribution in [3.8, 4) is 0 Å². The minimum atomic E-state index is -0.531. The zero-order valence-electron chi connectivity index (χ0n) is 10.1. The van der Waals surface area contributed by atoms with E-state index in [4.69, 9.17) is 11.6 Å². The minimum Gasteiger partial charge on any atom is -0.267 e. The molecule has 1 aliphatic carbocycles. The monoisotopic (exact) mass is 312 g/mol. The molecular formula is C11H9ClN4O3S. The van der Waals surface area contributed by atoms with Crippen LogP contribution in [0.15, 0.2) is 33.0 Å². The second kappa shape index (κ2) is 4.95. The molecule has 7 nitrogen and oxygen atoms in total. The Labute approximate surface area is 122 Å². The van der Waals surface area contributed by atoms with Gasteiger partial charge in [0.15, 0.2) is 5.16 Å². The van der Waals surface area contributed by atoms with Crippen LogP contribution in [0.25, 0.3) is 0 Å². The van der Waals surface area contributed by atoms with E-state index in [1.807, 2.05) is 0 Å². The molecule has 0 bridgehead atoms. The average Bonchev–Trinajstić information content (AvgIpc) is 3.15. The molecule has 1 aromatic carbocycles. The normalized spacial score (nSPS) is 14.4. The van der Waals surface area contributed by atoms with Gasteiger partial charge in [0.05, 0.1) is 9.82 Å². The molecule has 1 fully saturated rings. The highest BCUT2D eigenvalue weighted by molar-refractivity contribution is 7.99. The number of hydrogen-bond acceptors (Lipinski definition) is 5. The zero-order valence-corrected chi connectivity index (χ0v) is 11.6. The van der Waals surface area contributed by atoms with Gasteiger partial charge in [0.2, 0.25) is 0 Å². The second-order valence-corrected chi connectivity index (χ2v) is 5.77. The average molecular weight is 313 g/mol. The van der Waals surface area contributed by atoms with Gasteiger partial charge in [-0.3, -0.25) is 14.7 Å². The fourth-order valence-electron chi connectivity index (χ4n) is 1.87. The third-order valence-electron chi connectivity index (χ3n) is 2.92. The number of nitro groups is 1. The van der Waals surface area contributed by atoms with Gasteiger partial charge < -0.3 is 0 Å². The Hall–Kier alpha value is -1.80. The van der Waals surface area contributed by atoms with Crippen molar-refractivity contribution in [2.45, 2.75) is 28.9 Å². The summed E-state index contributed by atoms with van der Waals surface area (Å²) in [7, 11) is 0. The molecule has 0 saturated heterocycles. The summed E-state index contributed by atoms with van der Waals surface area (Å²) in [6, 6.07) is 4.82. The van der Waals surface area contributed by atoms with Crippen LogP contribution in [0.2, 0.25) is 5.02 Å². The number of para-hydroxylation sites is 1. The summed E-state index contributed by atoms with van der Waals surface area (Å²) < 4.78 is 1.54. The molecule has 9 heteroatoms. The van der Waals surface area contributed by atoms with E-state index in [1.165, 1.54) is 10.6 Å². The Morgan fingerprint density at radius 2 is 2.25 bits per heavy atom. The van der Waals surface area contributed by atoms with Crippen LogP contribution in [0.5, 0.6) is 0 Å². The molecule has 1 aliphatic rings. The molecule has 0 radical (unpaired) electrons. The van der Waals surface area contributed by atoms with Gasteiger partial charge in [0.1, 0.15) is 5.02 Å². The molecular weight excluding hydrogens is 304 g/mol. The summed E-state index contributed by atoms with van der Waals surface area (Å²) in [5.41, 5.74) is -0.461. The molecule has 0 spiro atoms. The predicted molar refractivity (Wildman–Crippen MR) is 73.3 cm³/mol. The SMILES string of the molecule is O=c1[nH]nc(Sc2cccc(Cl)c2[N+](=O)[O-])n1C1CC1. The van der Waals surface area contributed by atoms with Crippen LogP contribution in [0.4, 0.5) is 5.69 Å². The molecule has 0 aliphatic heterocycles. The number of hydrogen-bond donors (Lipinski definition) is 1. The Bertz CT molecular complexity index is 738. The molecule has 1 N–H and O–H groups in total. The Morgan fingerprint density at radius 3 is 2.90 bits per heavy atom. The number of aromatic amines is 1. The van der Waals surface area contributed by atoms with Crippen molar-refractivity contribution in [1.29, 1.82) is 0 Å². The smallest absolute Gasteiger partial charge is 0.267 e. The minimum absolute atomic E-state index is 0.0656. The van der Waals surface area contributed by atoms with Crippen LogP contribution in [-0.2, 0) is 0 Å². The summed E-state index contributed by atoms with van der Waals surface area (Å²) in [4.78, 5) is 22.6. The molecule has 1 heterocycles. The largest absolute Gasteiger partial charge is 0.344 e. The van der Waals surface area contributed by atoms with E-state index >= 15 is 0 Å². The topological polar surface area (TPSA) is 93.8 Å². The lowest BCUT2D eigenvalue weighted by atomic mass is 10.3. The lowest BCUT2D eigenvalue weighted by molar-refractivity contribution is -0.387. The van der Waals surface area contributed by atoms with Gasteiger partial charge in [-0.25, -0.2) is 9.89 Å². The molecule has 20 heavy (non-hydrogen) atoms. The number of rotatable bonds is 4. The fraction of sp³-hybridized carbons (Fsp3) is 0.273. The first-order chi connectivity index (χ1) is 9.58. The van der Waals surface area contributed by atoms with Crippen LogP contribution >= 0.6 is 23.4 Å². The predicted octanol–water partition coefficient (Wildman–Crippen LogP) is 2.62. The summed E-state index contributed by atoms with van der Waals surface area (Å²) in [5, 5.41) is 17.9. The summed E-state index contributed by atoms with van der Waals surface area (Å²) in [5.74, 6) is 0. The van der Waals surface area contributed by atoms with Gasteiger partial charge >= 0.3 is 11.4 Å². The number of halogens is 1. The zero-order chi connectivity index (χ0) is 14.3. The Balaban J connectivity index is 2.02. The maximum Gasteiger partial charge on any atom is 0.344 e. The maximum absolute atomic E-state index is 11.7. The van der Waals surface area contributed by atoms with Crippen LogP contribution < -0.4 is 5.69 Å². The summed E-state index contributed by atoms with van der Waals surface area (Å²) in [6.45, 7) is 0. The number of aromatic nitrogens is 3. The van der Waals surface area contributed by atoms with E-state index in [0.717, 1.165) is 24.6 Å². The maximum atomic E-state index is 11.7. The first-order valence-corrected chi connectivity index (χ1v) is 7.05. The van der Waals surface area contributed by atoms with Crippen LogP contribution in [0, 0.1) is 10.1 Å². The van der Waals surface area contributed by atoms with E-state index in [1.54, 1.807) is 12.1 Å². The first kappa shape index (κ1) is 13.2. The molecule has 3 rings (SSSR count). The quantitative estimate of drug-likeness (QED) is 0.691. The highest BCUT2D eigenvalue weighted by Crippen LogP contribution is 2.41. The van der Waals surface area contributed by atoms with Crippen molar-refractivity contribution < 1.29 is 4.92 Å². The van der Waals surface area contributed by atoms with Gasteiger partial charge in [-0.2, -0.15) is 0 Å². The van der Waals surface area contributed by atoms with Crippen molar-refractivity contribution in [3.63, 3.8) is 0 Å². The van der Waals surface area contributed by atoms with Crippen molar-refractivity contribution in [3.05, 3.63) is 43.8 Å². The third kappa shape index (κ3) is 2.32. The van der Waals surface area contributed by atoms with E-state index in [2.05, 4.69) is 10.2 Å². The van der Waals surface area contributed by atoms with E-state index < -0.39 is 4.92 Å². The van der Waals surface area contributed by atoms with Gasteiger partial charge in [0, 0.05) is 6.04 Å². The molecule has 0 amide bonds. The highest BCUT2D eigenvalue weighted by Gasteiger charge is 2.30. The van der Waals surface area contributed by atoms with E-state index in [-0.39, 0.29) is 22.4 Å². The number of nitrogens with one attached hydrogen (secondary N) is 1. The number of benzene rings is 1. The molecule has 1 saturated carbocycles. The lowest BCUT2D eigenvalue weighted by Crippen LogP contribution is -2.16. The fourth-order valence-corrected chi connectivity index (χ4v) is 3.22. The second-order valence-electron chi connectivity index (χ2n) is 4.36. The number of H-pyrrole nitrogens is 1. The molecule has 0 unspecified atom stereocenters. The van der Waals surface area contributed by atoms with E-state index in [0.29, 0.717) is 10.1 Å². The third-order valence-corrected chi connectivity index (χ3v) is 4.24. The van der Waals surface area contributed by atoms with Crippen LogP contribution in [0.1, 0.15) is 18.9 Å².